The Balaban J connectivity index is 1.59. The molecule has 2 aromatic rings. The zero-order valence-corrected chi connectivity index (χ0v) is 14.0. The highest BCUT2D eigenvalue weighted by Gasteiger charge is 2.10. The number of aromatic nitrogens is 2. The minimum atomic E-state index is -0.270. The number of benzene rings is 1. The number of anilines is 1. The van der Waals surface area contributed by atoms with Crippen LogP contribution in [-0.4, -0.2) is 54.3 Å². The van der Waals surface area contributed by atoms with Gasteiger partial charge < -0.3 is 10.1 Å². The monoisotopic (exact) mass is 330 g/mol. The number of halogens is 1. The molecule has 6 heteroatoms. The summed E-state index contributed by atoms with van der Waals surface area (Å²) >= 11 is 0. The molecule has 1 aromatic heterocycles. The number of hydrogen-bond donors (Lipinski definition) is 1. The molecule has 0 spiro atoms. The third-order valence-corrected chi connectivity index (χ3v) is 4.05. The van der Waals surface area contributed by atoms with E-state index >= 15 is 0 Å². The number of aryl methyl sites for hydroxylation is 1. The molecule has 0 radical (unpaired) electrons. The van der Waals surface area contributed by atoms with E-state index in [0.29, 0.717) is 17.1 Å². The Hall–Kier alpha value is -2.05. The normalized spacial score (nSPS) is 15.4. The first-order valence-corrected chi connectivity index (χ1v) is 8.37. The molecule has 2 heterocycles. The molecule has 0 aliphatic carbocycles. The molecule has 1 aliphatic heterocycles. The third-order valence-electron chi connectivity index (χ3n) is 4.05. The van der Waals surface area contributed by atoms with Gasteiger partial charge in [-0.05, 0) is 32.0 Å². The predicted octanol–water partition coefficient (Wildman–Crippen LogP) is 2.73. The van der Waals surface area contributed by atoms with E-state index in [9.17, 15) is 4.39 Å². The van der Waals surface area contributed by atoms with Crippen molar-refractivity contribution in [3.63, 3.8) is 0 Å². The van der Waals surface area contributed by atoms with Gasteiger partial charge in [-0.2, -0.15) is 0 Å². The third kappa shape index (κ3) is 4.49. The van der Waals surface area contributed by atoms with Crippen LogP contribution in [0.3, 0.4) is 0 Å². The summed E-state index contributed by atoms with van der Waals surface area (Å²) in [5, 5.41) is 3.32. The maximum atomic E-state index is 14.0. The minimum absolute atomic E-state index is 0.270. The van der Waals surface area contributed by atoms with Crippen LogP contribution in [0.5, 0.6) is 0 Å². The summed E-state index contributed by atoms with van der Waals surface area (Å²) in [5.74, 6) is 1.10. The molecule has 0 bridgehead atoms. The molecule has 128 valence electrons. The first kappa shape index (κ1) is 16.8. The molecule has 1 aliphatic rings. The van der Waals surface area contributed by atoms with Crippen LogP contribution in [0.4, 0.5) is 10.2 Å². The van der Waals surface area contributed by atoms with Crippen molar-refractivity contribution in [3.05, 3.63) is 42.0 Å². The van der Waals surface area contributed by atoms with Gasteiger partial charge in [-0.1, -0.05) is 12.1 Å². The van der Waals surface area contributed by atoms with Gasteiger partial charge in [-0.15, -0.1) is 0 Å². The van der Waals surface area contributed by atoms with Crippen molar-refractivity contribution in [3.8, 4) is 11.3 Å². The lowest BCUT2D eigenvalue weighted by atomic mass is 10.1. The summed E-state index contributed by atoms with van der Waals surface area (Å²) in [6.07, 6.45) is 1.03. The van der Waals surface area contributed by atoms with Gasteiger partial charge >= 0.3 is 0 Å². The Morgan fingerprint density at radius 3 is 2.79 bits per heavy atom. The maximum absolute atomic E-state index is 14.0. The van der Waals surface area contributed by atoms with Crippen LogP contribution in [0.2, 0.25) is 0 Å². The Bertz CT molecular complexity index is 674. The van der Waals surface area contributed by atoms with E-state index in [1.54, 1.807) is 18.2 Å². The zero-order valence-electron chi connectivity index (χ0n) is 14.0. The Morgan fingerprint density at radius 1 is 1.21 bits per heavy atom. The fraction of sp³-hybridized carbons (Fsp3) is 0.444. The molecular formula is C18H23FN4O. The number of nitrogens with zero attached hydrogens (tertiary/aromatic N) is 3. The second-order valence-electron chi connectivity index (χ2n) is 5.90. The quantitative estimate of drug-likeness (QED) is 0.826. The van der Waals surface area contributed by atoms with Crippen LogP contribution in [0.1, 0.15) is 12.2 Å². The topological polar surface area (TPSA) is 50.3 Å². The van der Waals surface area contributed by atoms with E-state index < -0.39 is 0 Å². The molecule has 0 amide bonds. The maximum Gasteiger partial charge on any atom is 0.132 e. The largest absolute Gasteiger partial charge is 0.379 e. The first-order chi connectivity index (χ1) is 11.7. The van der Waals surface area contributed by atoms with Gasteiger partial charge in [0.25, 0.3) is 0 Å². The second-order valence-corrected chi connectivity index (χ2v) is 5.90. The zero-order chi connectivity index (χ0) is 16.8. The second kappa shape index (κ2) is 8.17. The van der Waals surface area contributed by atoms with Crippen LogP contribution in [0.25, 0.3) is 11.3 Å². The van der Waals surface area contributed by atoms with Crippen LogP contribution >= 0.6 is 0 Å². The van der Waals surface area contributed by atoms with Crippen molar-refractivity contribution in [1.82, 2.24) is 14.9 Å². The number of ether oxygens (including phenoxy) is 1. The molecule has 0 unspecified atom stereocenters. The Kier molecular flexibility index (Phi) is 5.72. The van der Waals surface area contributed by atoms with Gasteiger partial charge in [-0.3, -0.25) is 4.90 Å². The average Bonchev–Trinajstić information content (AvgIpc) is 2.60. The minimum Gasteiger partial charge on any atom is -0.379 e. The van der Waals surface area contributed by atoms with Gasteiger partial charge in [0.2, 0.25) is 0 Å². The van der Waals surface area contributed by atoms with E-state index in [-0.39, 0.29) is 5.82 Å². The van der Waals surface area contributed by atoms with Gasteiger partial charge in [0, 0.05) is 31.3 Å². The summed E-state index contributed by atoms with van der Waals surface area (Å²) in [6.45, 7) is 7.34. The fourth-order valence-electron chi connectivity index (χ4n) is 2.81. The lowest BCUT2D eigenvalue weighted by Crippen LogP contribution is -2.37. The molecule has 24 heavy (non-hydrogen) atoms. The highest BCUT2D eigenvalue weighted by molar-refractivity contribution is 5.63. The molecule has 5 nitrogen and oxygen atoms in total. The molecule has 1 fully saturated rings. The smallest absolute Gasteiger partial charge is 0.132 e. The number of hydrogen-bond acceptors (Lipinski definition) is 5. The van der Waals surface area contributed by atoms with E-state index in [2.05, 4.69) is 20.2 Å². The number of morpholine rings is 1. The molecular weight excluding hydrogens is 307 g/mol. The predicted molar refractivity (Wildman–Crippen MR) is 92.5 cm³/mol. The van der Waals surface area contributed by atoms with Crippen molar-refractivity contribution in [2.75, 3.05) is 44.7 Å². The number of nitrogens with one attached hydrogen (secondary N) is 1. The SMILES string of the molecule is Cc1nc(NCCCN2CCOCC2)cc(-c2ccccc2F)n1. The van der Waals surface area contributed by atoms with E-state index in [1.807, 2.05) is 13.0 Å². The summed E-state index contributed by atoms with van der Waals surface area (Å²) in [6, 6.07) is 8.48. The fourth-order valence-corrected chi connectivity index (χ4v) is 2.81. The van der Waals surface area contributed by atoms with E-state index in [1.165, 1.54) is 6.07 Å². The van der Waals surface area contributed by atoms with Crippen molar-refractivity contribution in [2.24, 2.45) is 0 Å². The lowest BCUT2D eigenvalue weighted by molar-refractivity contribution is 0.0378. The van der Waals surface area contributed by atoms with Crippen molar-refractivity contribution in [2.45, 2.75) is 13.3 Å². The van der Waals surface area contributed by atoms with Crippen LogP contribution < -0.4 is 5.32 Å². The van der Waals surface area contributed by atoms with Crippen LogP contribution in [0.15, 0.2) is 30.3 Å². The molecule has 1 aromatic carbocycles. The molecule has 1 saturated heterocycles. The Morgan fingerprint density at radius 2 is 2.00 bits per heavy atom. The molecule has 1 N–H and O–H groups in total. The van der Waals surface area contributed by atoms with Crippen LogP contribution in [-0.2, 0) is 4.74 Å². The summed E-state index contributed by atoms with van der Waals surface area (Å²) < 4.78 is 19.3. The summed E-state index contributed by atoms with van der Waals surface area (Å²) in [4.78, 5) is 11.2. The standard InChI is InChI=1S/C18H23FN4O/c1-14-21-17(15-5-2-3-6-16(15)19)13-18(22-14)20-7-4-8-23-9-11-24-12-10-23/h2-3,5-6,13H,4,7-12H2,1H3,(H,20,21,22). The molecule has 0 saturated carbocycles. The highest BCUT2D eigenvalue weighted by atomic mass is 19.1. The van der Waals surface area contributed by atoms with E-state index in [0.717, 1.165) is 51.6 Å². The molecule has 3 rings (SSSR count). The summed E-state index contributed by atoms with van der Waals surface area (Å²) in [5.41, 5.74) is 1.11. The van der Waals surface area contributed by atoms with Crippen molar-refractivity contribution in [1.29, 1.82) is 0 Å². The van der Waals surface area contributed by atoms with E-state index in [4.69, 9.17) is 4.74 Å². The highest BCUT2D eigenvalue weighted by Crippen LogP contribution is 2.22. The first-order valence-electron chi connectivity index (χ1n) is 8.37. The summed E-state index contributed by atoms with van der Waals surface area (Å²) in [7, 11) is 0. The van der Waals surface area contributed by atoms with Gasteiger partial charge in [0.05, 0.1) is 18.9 Å². The van der Waals surface area contributed by atoms with Gasteiger partial charge in [-0.25, -0.2) is 14.4 Å². The average molecular weight is 330 g/mol. The van der Waals surface area contributed by atoms with Crippen molar-refractivity contribution < 1.29 is 9.13 Å². The van der Waals surface area contributed by atoms with Gasteiger partial charge in [0.1, 0.15) is 17.5 Å². The molecule has 0 atom stereocenters. The lowest BCUT2D eigenvalue weighted by Gasteiger charge is -2.26. The van der Waals surface area contributed by atoms with Gasteiger partial charge in [0.15, 0.2) is 0 Å². The Labute approximate surface area is 141 Å². The van der Waals surface area contributed by atoms with Crippen LogP contribution in [0, 0.1) is 12.7 Å². The van der Waals surface area contributed by atoms with Crippen molar-refractivity contribution >= 4 is 5.82 Å². The number of rotatable bonds is 6.